The molecule has 2 N–H and O–H groups in total. The van der Waals surface area contributed by atoms with Gasteiger partial charge in [-0.3, -0.25) is 9.59 Å². The number of nitrogens with two attached hydrogens (primary N) is 1. The Hall–Kier alpha value is -2.12. The third-order valence-electron chi connectivity index (χ3n) is 3.33. The number of hydrogen-bond acceptors (Lipinski definition) is 3. The van der Waals surface area contributed by atoms with E-state index in [9.17, 15) is 27.2 Å². The second-order valence-corrected chi connectivity index (χ2v) is 5.87. The van der Waals surface area contributed by atoms with E-state index in [0.29, 0.717) is 0 Å². The molecule has 9 heteroatoms. The fourth-order valence-electron chi connectivity index (χ4n) is 2.09. The average Bonchev–Trinajstić information content (AvgIpc) is 2.51. The first kappa shape index (κ1) is 19.2. The maximum atomic E-state index is 13.9. The third kappa shape index (κ3) is 4.11. The predicted octanol–water partition coefficient (Wildman–Crippen LogP) is 4.89. The van der Waals surface area contributed by atoms with Gasteiger partial charge in [-0.15, -0.1) is 0 Å². The van der Waals surface area contributed by atoms with E-state index in [1.807, 2.05) is 0 Å². The molecule has 0 saturated heterocycles. The normalized spacial score (nSPS) is 11.4. The van der Waals surface area contributed by atoms with Crippen molar-refractivity contribution >= 4 is 40.5 Å². The lowest BCUT2D eigenvalue weighted by molar-refractivity contribution is -0.0885. The number of halogens is 6. The molecule has 0 bridgehead atoms. The molecule has 2 aromatic rings. The van der Waals surface area contributed by atoms with Crippen LogP contribution in [0, 0.1) is 5.82 Å². The lowest BCUT2D eigenvalue weighted by Crippen LogP contribution is -2.22. The number of hydrogen-bond donors (Lipinski definition) is 1. The summed E-state index contributed by atoms with van der Waals surface area (Å²) >= 11 is 11.7. The van der Waals surface area contributed by atoms with Crippen molar-refractivity contribution in [1.82, 2.24) is 0 Å². The smallest absolute Gasteiger partial charge is 0.396 e. The average molecular weight is 394 g/mol. The molecule has 0 atom stereocenters. The van der Waals surface area contributed by atoms with E-state index in [1.54, 1.807) is 0 Å². The molecule has 3 nitrogen and oxygen atoms in total. The Morgan fingerprint density at radius 2 is 1.64 bits per heavy atom. The number of benzene rings is 2. The van der Waals surface area contributed by atoms with Crippen molar-refractivity contribution in [3.8, 4) is 0 Å². The summed E-state index contributed by atoms with van der Waals surface area (Å²) in [6, 6.07) is 5.38. The molecular formula is C16H9Cl2F4NO2. The Balaban J connectivity index is 2.36. The Bertz CT molecular complexity index is 843. The van der Waals surface area contributed by atoms with Gasteiger partial charge in [0.2, 0.25) is 0 Å². The zero-order chi connectivity index (χ0) is 18.9. The van der Waals surface area contributed by atoms with Gasteiger partial charge in [0.1, 0.15) is 0 Å². The summed E-state index contributed by atoms with van der Waals surface area (Å²) in [6.45, 7) is 0. The number of carbonyl (C=O) groups excluding carboxylic acids is 2. The zero-order valence-corrected chi connectivity index (χ0v) is 13.8. The van der Waals surface area contributed by atoms with Gasteiger partial charge in [-0.25, -0.2) is 4.39 Å². The molecule has 0 fully saturated rings. The van der Waals surface area contributed by atoms with Crippen molar-refractivity contribution in [3.63, 3.8) is 0 Å². The number of rotatable bonds is 4. The fraction of sp³-hybridized carbons (Fsp3) is 0.125. The van der Waals surface area contributed by atoms with Crippen LogP contribution in [0.3, 0.4) is 0 Å². The molecule has 0 heterocycles. The molecule has 2 rings (SSSR count). The van der Waals surface area contributed by atoms with Gasteiger partial charge in [0.05, 0.1) is 11.3 Å². The van der Waals surface area contributed by atoms with Crippen LogP contribution in [0.1, 0.15) is 26.3 Å². The van der Waals surface area contributed by atoms with Crippen LogP contribution in [0.15, 0.2) is 30.3 Å². The molecule has 2 aromatic carbocycles. The summed E-state index contributed by atoms with van der Waals surface area (Å²) in [4.78, 5) is 23.4. The molecule has 0 amide bonds. The number of carbonyl (C=O) groups is 2. The van der Waals surface area contributed by atoms with Crippen LogP contribution in [-0.4, -0.2) is 17.7 Å². The zero-order valence-electron chi connectivity index (χ0n) is 12.3. The van der Waals surface area contributed by atoms with E-state index < -0.39 is 35.5 Å². The van der Waals surface area contributed by atoms with Crippen LogP contribution >= 0.6 is 23.2 Å². The molecule has 0 aliphatic heterocycles. The van der Waals surface area contributed by atoms with Crippen molar-refractivity contribution in [3.05, 3.63) is 62.9 Å². The highest BCUT2D eigenvalue weighted by molar-refractivity contribution is 6.37. The Labute approximate surface area is 149 Å². The topological polar surface area (TPSA) is 60.2 Å². The van der Waals surface area contributed by atoms with Crippen LogP contribution in [0.2, 0.25) is 10.0 Å². The van der Waals surface area contributed by atoms with Gasteiger partial charge in [0.15, 0.2) is 11.6 Å². The van der Waals surface area contributed by atoms with Crippen molar-refractivity contribution in [1.29, 1.82) is 0 Å². The number of nitrogen functional groups attached to an aromatic ring is 1. The molecule has 25 heavy (non-hydrogen) atoms. The number of Topliss-reactive ketones (excluding diaryl/α,β-unsaturated/α-hetero) is 2. The number of ketones is 2. The molecule has 0 aliphatic rings. The minimum Gasteiger partial charge on any atom is -0.396 e. The van der Waals surface area contributed by atoms with Crippen molar-refractivity contribution in [2.75, 3.05) is 5.73 Å². The number of anilines is 1. The standard InChI is InChI=1S/C16H9Cl2F4NO2/c17-10-4-7(15(25)16(20,21)22)5-11(18)9(10)6-13(24)8-2-1-3-12(23)14(8)19/h1-5H,6,23H2. The maximum absolute atomic E-state index is 13.9. The highest BCUT2D eigenvalue weighted by atomic mass is 35.5. The van der Waals surface area contributed by atoms with E-state index >= 15 is 0 Å². The van der Waals surface area contributed by atoms with E-state index in [4.69, 9.17) is 28.9 Å². The minimum atomic E-state index is -5.09. The molecule has 0 radical (unpaired) electrons. The summed E-state index contributed by atoms with van der Waals surface area (Å²) in [5.74, 6) is -3.75. The summed E-state index contributed by atoms with van der Waals surface area (Å²) in [5, 5.41) is -0.615. The van der Waals surface area contributed by atoms with Gasteiger partial charge in [-0.1, -0.05) is 29.3 Å². The second kappa shape index (κ2) is 7.01. The van der Waals surface area contributed by atoms with E-state index in [0.717, 1.165) is 12.1 Å². The predicted molar refractivity (Wildman–Crippen MR) is 85.7 cm³/mol. The van der Waals surface area contributed by atoms with E-state index in [2.05, 4.69) is 0 Å². The summed E-state index contributed by atoms with van der Waals surface area (Å²) < 4.78 is 51.3. The fourth-order valence-corrected chi connectivity index (χ4v) is 2.71. The van der Waals surface area contributed by atoms with Crippen LogP contribution in [0.4, 0.5) is 23.2 Å². The van der Waals surface area contributed by atoms with Crippen LogP contribution in [-0.2, 0) is 6.42 Å². The molecular weight excluding hydrogens is 385 g/mol. The SMILES string of the molecule is Nc1cccc(C(=O)Cc2c(Cl)cc(C(=O)C(F)(F)F)cc2Cl)c1F. The van der Waals surface area contributed by atoms with Gasteiger partial charge in [0.25, 0.3) is 5.78 Å². The van der Waals surface area contributed by atoms with Gasteiger partial charge < -0.3 is 5.73 Å². The van der Waals surface area contributed by atoms with Gasteiger partial charge in [-0.2, -0.15) is 13.2 Å². The van der Waals surface area contributed by atoms with Crippen LogP contribution in [0.5, 0.6) is 0 Å². The molecule has 0 aliphatic carbocycles. The van der Waals surface area contributed by atoms with Gasteiger partial charge >= 0.3 is 6.18 Å². The Morgan fingerprint density at radius 3 is 2.16 bits per heavy atom. The molecule has 132 valence electrons. The summed E-state index contributed by atoms with van der Waals surface area (Å²) in [6.07, 6.45) is -5.56. The summed E-state index contributed by atoms with van der Waals surface area (Å²) in [5.41, 5.74) is 4.08. The van der Waals surface area contributed by atoms with E-state index in [1.165, 1.54) is 18.2 Å². The first-order valence-corrected chi connectivity index (χ1v) is 7.44. The first-order chi connectivity index (χ1) is 11.5. The maximum Gasteiger partial charge on any atom is 0.454 e. The molecule has 0 unspecified atom stereocenters. The molecule has 0 saturated carbocycles. The third-order valence-corrected chi connectivity index (χ3v) is 4.00. The monoisotopic (exact) mass is 393 g/mol. The highest BCUT2D eigenvalue weighted by Gasteiger charge is 2.39. The summed E-state index contributed by atoms with van der Waals surface area (Å²) in [7, 11) is 0. The molecule has 0 aromatic heterocycles. The largest absolute Gasteiger partial charge is 0.454 e. The second-order valence-electron chi connectivity index (χ2n) is 5.05. The van der Waals surface area contributed by atoms with Gasteiger partial charge in [-0.05, 0) is 29.8 Å². The lowest BCUT2D eigenvalue weighted by Gasteiger charge is -2.11. The molecule has 0 spiro atoms. The Kier molecular flexibility index (Phi) is 5.39. The van der Waals surface area contributed by atoms with Crippen molar-refractivity contribution in [2.24, 2.45) is 0 Å². The quantitative estimate of drug-likeness (QED) is 0.457. The van der Waals surface area contributed by atoms with E-state index in [-0.39, 0.29) is 26.9 Å². The Morgan fingerprint density at radius 1 is 1.08 bits per heavy atom. The van der Waals surface area contributed by atoms with Crippen LogP contribution in [0.25, 0.3) is 0 Å². The first-order valence-electron chi connectivity index (χ1n) is 6.69. The van der Waals surface area contributed by atoms with Crippen molar-refractivity contribution in [2.45, 2.75) is 12.6 Å². The lowest BCUT2D eigenvalue weighted by atomic mass is 10.00. The number of alkyl halides is 3. The minimum absolute atomic E-state index is 0.0196. The highest BCUT2D eigenvalue weighted by Crippen LogP contribution is 2.31. The van der Waals surface area contributed by atoms with Crippen LogP contribution < -0.4 is 5.73 Å². The van der Waals surface area contributed by atoms with Crippen molar-refractivity contribution < 1.29 is 27.2 Å². The van der Waals surface area contributed by atoms with Gasteiger partial charge in [0, 0.05) is 22.0 Å².